The minimum Gasteiger partial charge on any atom is -0.339 e. The minimum absolute atomic E-state index is 0.267. The third-order valence-corrected chi connectivity index (χ3v) is 5.41. The van der Waals surface area contributed by atoms with E-state index < -0.39 is 0 Å². The average Bonchev–Trinajstić information content (AvgIpc) is 3.39. The highest BCUT2D eigenvalue weighted by Gasteiger charge is 2.27. The number of imidazole rings is 1. The Balaban J connectivity index is 1.70. The summed E-state index contributed by atoms with van der Waals surface area (Å²) in [5, 5.41) is 7.90. The van der Waals surface area contributed by atoms with Crippen LogP contribution in [-0.4, -0.2) is 19.2 Å². The molecule has 0 fully saturated rings. The molecule has 0 spiro atoms. The first-order chi connectivity index (χ1) is 14.2. The fourth-order valence-electron chi connectivity index (χ4n) is 4.10. The number of nitrogens with one attached hydrogen (secondary N) is 1. The van der Waals surface area contributed by atoms with Crippen LogP contribution in [0.1, 0.15) is 5.56 Å². The lowest BCUT2D eigenvalue weighted by Crippen LogP contribution is -2.10. The molecular weight excluding hydrogens is 365 g/mol. The summed E-state index contributed by atoms with van der Waals surface area (Å²) in [5.41, 5.74) is 6.62. The second-order valence-electron chi connectivity index (χ2n) is 7.12. The lowest BCUT2D eigenvalue weighted by atomic mass is 10.0. The van der Waals surface area contributed by atoms with E-state index in [1.54, 1.807) is 12.3 Å². The van der Waals surface area contributed by atoms with E-state index in [-0.39, 0.29) is 5.82 Å². The molecule has 0 bridgehead atoms. The van der Waals surface area contributed by atoms with E-state index >= 15 is 0 Å². The van der Waals surface area contributed by atoms with Gasteiger partial charge in [0.15, 0.2) is 0 Å². The zero-order valence-corrected chi connectivity index (χ0v) is 15.6. The number of rotatable bonds is 2. The number of hydrogen-bond donors (Lipinski definition) is 1. The van der Waals surface area contributed by atoms with E-state index in [9.17, 15) is 4.39 Å². The van der Waals surface area contributed by atoms with Crippen LogP contribution in [0.5, 0.6) is 0 Å². The number of halogens is 1. The van der Waals surface area contributed by atoms with Crippen LogP contribution in [0.3, 0.4) is 0 Å². The maximum Gasteiger partial charge on any atom is 0.148 e. The zero-order valence-electron chi connectivity index (χ0n) is 15.6. The van der Waals surface area contributed by atoms with Crippen molar-refractivity contribution in [2.45, 2.75) is 6.92 Å². The van der Waals surface area contributed by atoms with Crippen molar-refractivity contribution in [3.63, 3.8) is 0 Å². The molecule has 0 atom stereocenters. The van der Waals surface area contributed by atoms with Crippen molar-refractivity contribution in [1.29, 1.82) is 0 Å². The van der Waals surface area contributed by atoms with Gasteiger partial charge >= 0.3 is 0 Å². The maximum atomic E-state index is 15.0. The van der Waals surface area contributed by atoms with Crippen molar-refractivity contribution in [3.8, 4) is 28.2 Å². The fraction of sp³-hybridized carbons (Fsp3) is 0.0435. The van der Waals surface area contributed by atoms with Crippen molar-refractivity contribution in [2.75, 3.05) is 5.32 Å². The van der Waals surface area contributed by atoms with Gasteiger partial charge in [0.05, 0.1) is 17.1 Å². The monoisotopic (exact) mass is 381 g/mol. The number of para-hydroxylation sites is 2. The molecule has 0 saturated carbocycles. The molecule has 0 amide bonds. The summed E-state index contributed by atoms with van der Waals surface area (Å²) >= 11 is 0. The highest BCUT2D eigenvalue weighted by Crippen LogP contribution is 2.44. The Morgan fingerprint density at radius 1 is 0.931 bits per heavy atom. The Labute approximate surface area is 166 Å². The van der Waals surface area contributed by atoms with Crippen LogP contribution in [0.15, 0.2) is 73.1 Å². The van der Waals surface area contributed by atoms with E-state index in [1.165, 1.54) is 6.07 Å². The smallest absolute Gasteiger partial charge is 0.148 e. The molecule has 6 heteroatoms. The largest absolute Gasteiger partial charge is 0.339 e. The van der Waals surface area contributed by atoms with Gasteiger partial charge in [-0.1, -0.05) is 36.4 Å². The van der Waals surface area contributed by atoms with Crippen LogP contribution < -0.4 is 5.32 Å². The van der Waals surface area contributed by atoms with Crippen LogP contribution in [0.4, 0.5) is 15.9 Å². The number of benzene rings is 2. The van der Waals surface area contributed by atoms with Gasteiger partial charge in [-0.05, 0) is 36.8 Å². The van der Waals surface area contributed by atoms with E-state index in [0.717, 1.165) is 39.6 Å². The number of aryl methyl sites for hydroxylation is 1. The highest BCUT2D eigenvalue weighted by molar-refractivity contribution is 5.93. The lowest BCUT2D eigenvalue weighted by molar-refractivity contribution is 0.624. The van der Waals surface area contributed by atoms with Gasteiger partial charge < -0.3 is 5.32 Å². The van der Waals surface area contributed by atoms with Gasteiger partial charge in [0.1, 0.15) is 23.0 Å². The Morgan fingerprint density at radius 2 is 1.79 bits per heavy atom. The number of hydrogen-bond acceptors (Lipinski definition) is 3. The molecule has 0 aliphatic carbocycles. The summed E-state index contributed by atoms with van der Waals surface area (Å²) in [6.07, 6.45) is 3.65. The van der Waals surface area contributed by atoms with Crippen LogP contribution >= 0.6 is 0 Å². The predicted molar refractivity (Wildman–Crippen MR) is 111 cm³/mol. The fourth-order valence-corrected chi connectivity index (χ4v) is 4.10. The summed E-state index contributed by atoms with van der Waals surface area (Å²) in [7, 11) is 0. The Morgan fingerprint density at radius 3 is 2.66 bits per heavy atom. The van der Waals surface area contributed by atoms with E-state index in [1.807, 2.05) is 70.7 Å². The molecule has 6 rings (SSSR count). The standard InChI is InChI=1S/C23H16FN5/c1-14-6-4-8-16-20(14)27-23-21(26-19-11-10-17(24)22(16)29(19)23)15-7-2-3-9-18(15)28-13-5-12-25-28/h2-13,27H,1H3. The topological polar surface area (TPSA) is 47.2 Å². The molecular formula is C23H16FN5. The summed E-state index contributed by atoms with van der Waals surface area (Å²) in [6, 6.07) is 19.0. The lowest BCUT2D eigenvalue weighted by Gasteiger charge is -2.23. The van der Waals surface area contributed by atoms with Gasteiger partial charge in [-0.3, -0.25) is 4.40 Å². The SMILES string of the molecule is Cc1cccc2c1Nc1c(-c3ccccc3-n3cccn3)nc3ccc(F)c-2n13. The van der Waals surface area contributed by atoms with Crippen molar-refractivity contribution in [2.24, 2.45) is 0 Å². The van der Waals surface area contributed by atoms with Gasteiger partial charge in [0.25, 0.3) is 0 Å². The highest BCUT2D eigenvalue weighted by atomic mass is 19.1. The third kappa shape index (κ3) is 2.20. The van der Waals surface area contributed by atoms with E-state index in [4.69, 9.17) is 4.98 Å². The molecule has 29 heavy (non-hydrogen) atoms. The van der Waals surface area contributed by atoms with Gasteiger partial charge in [0, 0.05) is 23.5 Å². The first kappa shape index (κ1) is 16.1. The second kappa shape index (κ2) is 5.78. The Bertz CT molecular complexity index is 1400. The maximum absolute atomic E-state index is 15.0. The van der Waals surface area contributed by atoms with Crippen LogP contribution in [0.2, 0.25) is 0 Å². The van der Waals surface area contributed by atoms with Gasteiger partial charge in [0.2, 0.25) is 0 Å². The normalized spacial score (nSPS) is 12.1. The molecule has 5 nitrogen and oxygen atoms in total. The summed E-state index contributed by atoms with van der Waals surface area (Å²) in [4.78, 5) is 4.87. The van der Waals surface area contributed by atoms with E-state index in [0.29, 0.717) is 11.3 Å². The quantitative estimate of drug-likeness (QED) is 0.439. The van der Waals surface area contributed by atoms with Crippen molar-refractivity contribution in [1.82, 2.24) is 19.2 Å². The molecule has 140 valence electrons. The average molecular weight is 381 g/mol. The minimum atomic E-state index is -0.267. The summed E-state index contributed by atoms with van der Waals surface area (Å²) in [6.45, 7) is 2.02. The number of anilines is 2. The molecule has 2 aromatic carbocycles. The van der Waals surface area contributed by atoms with E-state index in [2.05, 4.69) is 10.4 Å². The summed E-state index contributed by atoms with van der Waals surface area (Å²) in [5.74, 6) is 0.493. The van der Waals surface area contributed by atoms with Crippen LogP contribution in [-0.2, 0) is 0 Å². The van der Waals surface area contributed by atoms with Crippen LogP contribution in [0, 0.1) is 12.7 Å². The Hall–Kier alpha value is -3.93. The van der Waals surface area contributed by atoms with Crippen molar-refractivity contribution in [3.05, 3.63) is 84.4 Å². The molecule has 5 aromatic rings. The Kier molecular flexibility index (Phi) is 3.20. The molecule has 1 N–H and O–H groups in total. The first-order valence-electron chi connectivity index (χ1n) is 9.40. The van der Waals surface area contributed by atoms with Crippen LogP contribution in [0.25, 0.3) is 33.8 Å². The summed E-state index contributed by atoms with van der Waals surface area (Å²) < 4.78 is 18.7. The first-order valence-corrected chi connectivity index (χ1v) is 9.40. The van der Waals surface area contributed by atoms with Gasteiger partial charge in [-0.2, -0.15) is 5.10 Å². The van der Waals surface area contributed by atoms with Gasteiger partial charge in [-0.15, -0.1) is 0 Å². The number of nitrogens with zero attached hydrogens (tertiary/aromatic N) is 4. The second-order valence-corrected chi connectivity index (χ2v) is 7.12. The predicted octanol–water partition coefficient (Wildman–Crippen LogP) is 5.36. The number of aromatic nitrogens is 4. The molecule has 0 saturated heterocycles. The van der Waals surface area contributed by atoms with Crippen molar-refractivity contribution >= 4 is 17.2 Å². The molecule has 0 unspecified atom stereocenters. The molecule has 0 radical (unpaired) electrons. The van der Waals surface area contributed by atoms with Crippen molar-refractivity contribution < 1.29 is 4.39 Å². The molecule has 3 aromatic heterocycles. The molecule has 1 aliphatic heterocycles. The van der Waals surface area contributed by atoms with Gasteiger partial charge in [-0.25, -0.2) is 14.1 Å². The third-order valence-electron chi connectivity index (χ3n) is 5.41. The molecule has 4 heterocycles. The zero-order chi connectivity index (χ0) is 19.5. The molecule has 1 aliphatic rings. The number of fused-ring (bicyclic) bond motifs is 2. The number of pyridine rings is 1.